The number of benzene rings is 2. The average molecular weight is 354 g/mol. The second-order valence-electron chi connectivity index (χ2n) is 6.64. The number of hydrogen-bond donors (Lipinski definition) is 2. The van der Waals surface area contributed by atoms with Crippen molar-refractivity contribution in [2.75, 3.05) is 7.11 Å². The van der Waals surface area contributed by atoms with Crippen LogP contribution in [0.25, 0.3) is 0 Å². The maximum atomic E-state index is 13.1. The molecule has 5 nitrogen and oxygen atoms in total. The van der Waals surface area contributed by atoms with Gasteiger partial charge in [0.2, 0.25) is 0 Å². The van der Waals surface area contributed by atoms with E-state index in [2.05, 4.69) is 0 Å². The Morgan fingerprint density at radius 2 is 1.88 bits per heavy atom. The van der Waals surface area contributed by atoms with Crippen LogP contribution in [0.15, 0.2) is 48.0 Å². The highest BCUT2D eigenvalue weighted by Crippen LogP contribution is 2.45. The second kappa shape index (κ2) is 7.12. The molecule has 0 amide bonds. The number of ketones is 1. The molecule has 0 bridgehead atoms. The minimum absolute atomic E-state index is 0.125. The van der Waals surface area contributed by atoms with Crippen molar-refractivity contribution in [3.8, 4) is 23.0 Å². The van der Waals surface area contributed by atoms with E-state index in [0.29, 0.717) is 12.2 Å². The van der Waals surface area contributed by atoms with Gasteiger partial charge < -0.3 is 19.7 Å². The summed E-state index contributed by atoms with van der Waals surface area (Å²) in [6.45, 7) is 3.94. The van der Waals surface area contributed by atoms with Crippen molar-refractivity contribution < 1.29 is 24.5 Å². The maximum absolute atomic E-state index is 13.1. The van der Waals surface area contributed by atoms with Crippen LogP contribution in [0.1, 0.15) is 42.3 Å². The first-order chi connectivity index (χ1) is 12.4. The van der Waals surface area contributed by atoms with Gasteiger partial charge in [-0.05, 0) is 38.0 Å². The Morgan fingerprint density at radius 3 is 2.50 bits per heavy atom. The van der Waals surface area contributed by atoms with Gasteiger partial charge >= 0.3 is 0 Å². The van der Waals surface area contributed by atoms with E-state index in [9.17, 15) is 15.0 Å². The maximum Gasteiger partial charge on any atom is 0.177 e. The lowest BCUT2D eigenvalue weighted by molar-refractivity contribution is 0.0654. The van der Waals surface area contributed by atoms with Gasteiger partial charge in [-0.2, -0.15) is 0 Å². The van der Waals surface area contributed by atoms with Gasteiger partial charge in [-0.1, -0.05) is 23.8 Å². The van der Waals surface area contributed by atoms with Crippen molar-refractivity contribution >= 4 is 5.78 Å². The number of allylic oxidation sites excluding steroid dienone is 2. The predicted molar refractivity (Wildman–Crippen MR) is 98.0 cm³/mol. The van der Waals surface area contributed by atoms with Crippen molar-refractivity contribution in [3.05, 3.63) is 59.2 Å². The van der Waals surface area contributed by atoms with Crippen molar-refractivity contribution in [1.82, 2.24) is 0 Å². The highest BCUT2D eigenvalue weighted by Gasteiger charge is 2.39. The van der Waals surface area contributed by atoms with E-state index in [0.717, 1.165) is 17.2 Å². The third-order valence-corrected chi connectivity index (χ3v) is 4.49. The van der Waals surface area contributed by atoms with E-state index >= 15 is 0 Å². The zero-order chi connectivity index (χ0) is 18.8. The first-order valence-electron chi connectivity index (χ1n) is 8.45. The number of methoxy groups -OCH3 is 1. The molecular weight excluding hydrogens is 332 g/mol. The third-order valence-electron chi connectivity index (χ3n) is 4.49. The normalized spacial score (nSPS) is 18.7. The van der Waals surface area contributed by atoms with E-state index in [-0.39, 0.29) is 28.6 Å². The average Bonchev–Trinajstić information content (AvgIpc) is 2.60. The van der Waals surface area contributed by atoms with Crippen LogP contribution in [0.3, 0.4) is 0 Å². The highest BCUT2D eigenvalue weighted by atomic mass is 16.5. The molecule has 2 atom stereocenters. The van der Waals surface area contributed by atoms with Gasteiger partial charge in [0.1, 0.15) is 34.7 Å². The lowest BCUT2D eigenvalue weighted by atomic mass is 9.83. The number of rotatable bonds is 4. The third kappa shape index (κ3) is 3.38. The van der Waals surface area contributed by atoms with Crippen LogP contribution >= 0.6 is 0 Å². The molecule has 2 N–H and O–H groups in total. The van der Waals surface area contributed by atoms with Gasteiger partial charge in [0.05, 0.1) is 13.0 Å². The number of hydrogen-bond acceptors (Lipinski definition) is 5. The zero-order valence-electron chi connectivity index (χ0n) is 15.0. The van der Waals surface area contributed by atoms with E-state index in [1.807, 2.05) is 44.2 Å². The minimum Gasteiger partial charge on any atom is -0.508 e. The van der Waals surface area contributed by atoms with Gasteiger partial charge in [0.25, 0.3) is 0 Å². The molecule has 26 heavy (non-hydrogen) atoms. The van der Waals surface area contributed by atoms with Crippen LogP contribution in [0.2, 0.25) is 0 Å². The molecule has 0 spiro atoms. The zero-order valence-corrected chi connectivity index (χ0v) is 15.0. The molecule has 1 aliphatic rings. The van der Waals surface area contributed by atoms with Crippen LogP contribution in [-0.4, -0.2) is 23.1 Å². The first kappa shape index (κ1) is 17.9. The van der Waals surface area contributed by atoms with E-state index < -0.39 is 12.0 Å². The number of carbonyl (C=O) groups is 1. The Hall–Kier alpha value is -2.95. The summed E-state index contributed by atoms with van der Waals surface area (Å²) in [6.07, 6.45) is 1.97. The molecule has 3 rings (SSSR count). The summed E-state index contributed by atoms with van der Waals surface area (Å²) in [4.78, 5) is 13.1. The van der Waals surface area contributed by atoms with Gasteiger partial charge in [-0.15, -0.1) is 0 Å². The van der Waals surface area contributed by atoms with E-state index in [1.54, 1.807) is 7.11 Å². The SMILES string of the molecule is COc1ccc([C@H]2Oc3cc(O)cc(O)c3C(=O)[C@@H]2CC=C(C)C)cc1. The molecule has 2 aromatic carbocycles. The van der Waals surface area contributed by atoms with Crippen molar-refractivity contribution in [2.45, 2.75) is 26.4 Å². The minimum atomic E-state index is -0.516. The van der Waals surface area contributed by atoms with Crippen molar-refractivity contribution in [2.24, 2.45) is 5.92 Å². The number of phenols is 2. The van der Waals surface area contributed by atoms with Gasteiger partial charge in [-0.3, -0.25) is 4.79 Å². The molecule has 0 saturated carbocycles. The second-order valence-corrected chi connectivity index (χ2v) is 6.64. The number of phenolic OH excluding ortho intramolecular Hbond substituents is 2. The number of carbonyl (C=O) groups excluding carboxylic acids is 1. The van der Waals surface area contributed by atoms with Crippen LogP contribution in [0.4, 0.5) is 0 Å². The monoisotopic (exact) mass is 354 g/mol. The lowest BCUT2D eigenvalue weighted by Crippen LogP contribution is -2.31. The lowest BCUT2D eigenvalue weighted by Gasteiger charge is -2.33. The largest absolute Gasteiger partial charge is 0.508 e. The van der Waals surface area contributed by atoms with Gasteiger partial charge in [0.15, 0.2) is 5.78 Å². The van der Waals surface area contributed by atoms with Crippen molar-refractivity contribution in [1.29, 1.82) is 0 Å². The molecule has 0 fully saturated rings. The molecule has 0 saturated heterocycles. The Kier molecular flexibility index (Phi) is 4.89. The summed E-state index contributed by atoms with van der Waals surface area (Å²) in [5.41, 5.74) is 2.06. The fraction of sp³-hybridized carbons (Fsp3) is 0.286. The quantitative estimate of drug-likeness (QED) is 0.796. The highest BCUT2D eigenvalue weighted by molar-refractivity contribution is 6.04. The summed E-state index contributed by atoms with van der Waals surface area (Å²) in [5, 5.41) is 19.9. The Balaban J connectivity index is 2.06. The predicted octanol–water partition coefficient (Wildman–Crippen LogP) is 4.40. The number of aromatic hydroxyl groups is 2. The molecular formula is C21H22O5. The summed E-state index contributed by atoms with van der Waals surface area (Å²) >= 11 is 0. The van der Waals surface area contributed by atoms with E-state index in [1.165, 1.54) is 6.07 Å². The molecule has 1 heterocycles. The van der Waals surface area contributed by atoms with E-state index in [4.69, 9.17) is 9.47 Å². The molecule has 0 radical (unpaired) electrons. The van der Waals surface area contributed by atoms with Crippen LogP contribution in [-0.2, 0) is 0 Å². The first-order valence-corrected chi connectivity index (χ1v) is 8.45. The molecule has 0 unspecified atom stereocenters. The number of ether oxygens (including phenoxy) is 2. The molecule has 136 valence electrons. The number of Topliss-reactive ketones (excluding diaryl/α,β-unsaturated/α-hetero) is 1. The molecule has 0 aliphatic carbocycles. The van der Waals surface area contributed by atoms with Crippen LogP contribution in [0.5, 0.6) is 23.0 Å². The molecule has 1 aliphatic heterocycles. The van der Waals surface area contributed by atoms with Crippen molar-refractivity contribution in [3.63, 3.8) is 0 Å². The standard InChI is InChI=1S/C21H22O5/c1-12(2)4-9-16-20(24)19-17(23)10-14(22)11-18(19)26-21(16)13-5-7-15(25-3)8-6-13/h4-8,10-11,16,21-23H,9H2,1-3H3/t16-,21+/m0/s1. The Labute approximate surface area is 152 Å². The molecule has 0 aromatic heterocycles. The smallest absolute Gasteiger partial charge is 0.177 e. The van der Waals surface area contributed by atoms with Gasteiger partial charge in [0, 0.05) is 12.1 Å². The van der Waals surface area contributed by atoms with Crippen LogP contribution < -0.4 is 9.47 Å². The fourth-order valence-corrected chi connectivity index (χ4v) is 3.16. The topological polar surface area (TPSA) is 76.0 Å². The number of fused-ring (bicyclic) bond motifs is 1. The Bertz CT molecular complexity index is 847. The summed E-state index contributed by atoms with van der Waals surface area (Å²) in [5.74, 6) is -0.164. The fourth-order valence-electron chi connectivity index (χ4n) is 3.16. The molecule has 2 aromatic rings. The van der Waals surface area contributed by atoms with Gasteiger partial charge in [-0.25, -0.2) is 0 Å². The Morgan fingerprint density at radius 1 is 1.19 bits per heavy atom. The molecule has 5 heteroatoms. The summed E-state index contributed by atoms with van der Waals surface area (Å²) < 4.78 is 11.2. The summed E-state index contributed by atoms with van der Waals surface area (Å²) in [6, 6.07) is 9.87. The van der Waals surface area contributed by atoms with Crippen LogP contribution in [0, 0.1) is 5.92 Å². The summed E-state index contributed by atoms with van der Waals surface area (Å²) in [7, 11) is 1.59.